The standard InChI is InChI=1S/C16H21N3O3/c1-2-12-8-11(5-6-22-12)15(20)17-9-10-3-4-13-14(7-10)19-16(21)18-13/h3-4,7,11-12H,2,5-6,8-9H2,1H3,(H,17,20)(H2,18,19,21)/t11-,12+/m1/s1. The number of hydrogen-bond acceptors (Lipinski definition) is 3. The summed E-state index contributed by atoms with van der Waals surface area (Å²) in [6.07, 6.45) is 2.73. The van der Waals surface area contributed by atoms with Crippen molar-refractivity contribution in [2.24, 2.45) is 5.92 Å². The summed E-state index contributed by atoms with van der Waals surface area (Å²) in [6, 6.07) is 5.63. The van der Waals surface area contributed by atoms with Crippen molar-refractivity contribution in [3.8, 4) is 0 Å². The molecule has 2 aromatic rings. The Kier molecular flexibility index (Phi) is 4.29. The van der Waals surface area contributed by atoms with Crippen molar-refractivity contribution in [2.75, 3.05) is 6.61 Å². The molecule has 1 saturated heterocycles. The zero-order chi connectivity index (χ0) is 15.5. The van der Waals surface area contributed by atoms with Crippen LogP contribution in [-0.4, -0.2) is 28.6 Å². The number of rotatable bonds is 4. The number of hydrogen-bond donors (Lipinski definition) is 3. The molecule has 1 aromatic carbocycles. The topological polar surface area (TPSA) is 87.0 Å². The summed E-state index contributed by atoms with van der Waals surface area (Å²) in [5, 5.41) is 2.99. The van der Waals surface area contributed by atoms with Crippen LogP contribution in [0.2, 0.25) is 0 Å². The normalized spacial score (nSPS) is 21.9. The predicted molar refractivity (Wildman–Crippen MR) is 83.5 cm³/mol. The van der Waals surface area contributed by atoms with E-state index in [0.717, 1.165) is 35.9 Å². The molecular formula is C16H21N3O3. The Morgan fingerprint density at radius 1 is 1.36 bits per heavy atom. The van der Waals surface area contributed by atoms with Gasteiger partial charge in [-0.2, -0.15) is 0 Å². The zero-order valence-electron chi connectivity index (χ0n) is 12.6. The van der Waals surface area contributed by atoms with Gasteiger partial charge in [0.25, 0.3) is 0 Å². The average molecular weight is 303 g/mol. The summed E-state index contributed by atoms with van der Waals surface area (Å²) in [5.41, 5.74) is 2.28. The molecule has 1 fully saturated rings. The van der Waals surface area contributed by atoms with Crippen molar-refractivity contribution in [2.45, 2.75) is 38.8 Å². The Balaban J connectivity index is 1.60. The molecule has 2 atom stereocenters. The quantitative estimate of drug-likeness (QED) is 0.803. The summed E-state index contributed by atoms with van der Waals surface area (Å²) < 4.78 is 5.60. The van der Waals surface area contributed by atoms with Gasteiger partial charge in [0.2, 0.25) is 5.91 Å². The first-order valence-electron chi connectivity index (χ1n) is 7.76. The van der Waals surface area contributed by atoms with E-state index in [2.05, 4.69) is 22.2 Å². The number of benzene rings is 1. The number of aromatic amines is 2. The number of carbonyl (C=O) groups is 1. The van der Waals surface area contributed by atoms with Crippen molar-refractivity contribution < 1.29 is 9.53 Å². The Morgan fingerprint density at radius 2 is 2.18 bits per heavy atom. The van der Waals surface area contributed by atoms with Crippen LogP contribution in [0.4, 0.5) is 0 Å². The SMILES string of the molecule is CC[C@H]1C[C@H](C(=O)NCc2ccc3[nH]c(=O)[nH]c3c2)CCO1. The predicted octanol–water partition coefficient (Wildman–Crippen LogP) is 1.68. The van der Waals surface area contributed by atoms with Crippen molar-refractivity contribution >= 4 is 16.9 Å². The Bertz CT molecular complexity index is 719. The van der Waals surface area contributed by atoms with Crippen LogP contribution in [0.3, 0.4) is 0 Å². The lowest BCUT2D eigenvalue weighted by molar-refractivity contribution is -0.130. The number of H-pyrrole nitrogens is 2. The van der Waals surface area contributed by atoms with Crippen molar-refractivity contribution in [3.05, 3.63) is 34.2 Å². The number of fused-ring (bicyclic) bond motifs is 1. The van der Waals surface area contributed by atoms with Gasteiger partial charge in [0, 0.05) is 19.1 Å². The number of aromatic nitrogens is 2. The van der Waals surface area contributed by atoms with Gasteiger partial charge in [0.1, 0.15) is 0 Å². The third kappa shape index (κ3) is 3.22. The van der Waals surface area contributed by atoms with E-state index in [1.54, 1.807) is 0 Å². The summed E-state index contributed by atoms with van der Waals surface area (Å²) in [6.45, 7) is 3.21. The molecule has 22 heavy (non-hydrogen) atoms. The third-order valence-electron chi connectivity index (χ3n) is 4.24. The summed E-state index contributed by atoms with van der Waals surface area (Å²) in [7, 11) is 0. The van der Waals surface area contributed by atoms with Crippen LogP contribution < -0.4 is 11.0 Å². The lowest BCUT2D eigenvalue weighted by atomic mass is 9.93. The van der Waals surface area contributed by atoms with Crippen LogP contribution in [0.5, 0.6) is 0 Å². The van der Waals surface area contributed by atoms with E-state index < -0.39 is 0 Å². The van der Waals surface area contributed by atoms with Crippen LogP contribution in [0.15, 0.2) is 23.0 Å². The van der Waals surface area contributed by atoms with E-state index in [1.807, 2.05) is 18.2 Å². The highest BCUT2D eigenvalue weighted by Crippen LogP contribution is 2.22. The van der Waals surface area contributed by atoms with Crippen molar-refractivity contribution in [1.29, 1.82) is 0 Å². The molecule has 6 heteroatoms. The molecule has 3 rings (SSSR count). The first-order chi connectivity index (χ1) is 10.7. The van der Waals surface area contributed by atoms with Crippen molar-refractivity contribution in [3.63, 3.8) is 0 Å². The van der Waals surface area contributed by atoms with E-state index in [-0.39, 0.29) is 23.6 Å². The number of ether oxygens (including phenoxy) is 1. The molecule has 6 nitrogen and oxygen atoms in total. The van der Waals surface area contributed by atoms with Gasteiger partial charge in [-0.25, -0.2) is 4.79 Å². The molecule has 2 heterocycles. The second-order valence-corrected chi connectivity index (χ2v) is 5.80. The first-order valence-corrected chi connectivity index (χ1v) is 7.76. The molecule has 1 amide bonds. The summed E-state index contributed by atoms with van der Waals surface area (Å²) >= 11 is 0. The van der Waals surface area contributed by atoms with Crippen LogP contribution in [-0.2, 0) is 16.1 Å². The fraction of sp³-hybridized carbons (Fsp3) is 0.500. The second-order valence-electron chi connectivity index (χ2n) is 5.80. The molecule has 0 spiro atoms. The molecule has 1 aliphatic heterocycles. The molecule has 0 saturated carbocycles. The highest BCUT2D eigenvalue weighted by molar-refractivity contribution is 5.79. The second kappa shape index (κ2) is 6.36. The van der Waals surface area contributed by atoms with Crippen LogP contribution >= 0.6 is 0 Å². The maximum Gasteiger partial charge on any atom is 0.323 e. The highest BCUT2D eigenvalue weighted by atomic mass is 16.5. The van der Waals surface area contributed by atoms with Gasteiger partial charge in [-0.1, -0.05) is 13.0 Å². The molecular weight excluding hydrogens is 282 g/mol. The van der Waals surface area contributed by atoms with Crippen LogP contribution in [0.25, 0.3) is 11.0 Å². The van der Waals surface area contributed by atoms with Gasteiger partial charge in [-0.15, -0.1) is 0 Å². The summed E-state index contributed by atoms with van der Waals surface area (Å²) in [4.78, 5) is 28.9. The smallest absolute Gasteiger partial charge is 0.323 e. The van der Waals surface area contributed by atoms with Crippen molar-refractivity contribution in [1.82, 2.24) is 15.3 Å². The largest absolute Gasteiger partial charge is 0.378 e. The lowest BCUT2D eigenvalue weighted by Crippen LogP contribution is -2.36. The van der Waals surface area contributed by atoms with Gasteiger partial charge in [-0.3, -0.25) is 4.79 Å². The Morgan fingerprint density at radius 3 is 3.00 bits per heavy atom. The van der Waals surface area contributed by atoms with E-state index in [4.69, 9.17) is 4.74 Å². The minimum Gasteiger partial charge on any atom is -0.378 e. The molecule has 0 unspecified atom stereocenters. The first kappa shape index (κ1) is 14.8. The molecule has 1 aromatic heterocycles. The molecule has 0 bridgehead atoms. The zero-order valence-corrected chi connectivity index (χ0v) is 12.6. The monoisotopic (exact) mass is 303 g/mol. The average Bonchev–Trinajstić information content (AvgIpc) is 2.91. The lowest BCUT2D eigenvalue weighted by Gasteiger charge is -2.28. The van der Waals surface area contributed by atoms with E-state index >= 15 is 0 Å². The summed E-state index contributed by atoms with van der Waals surface area (Å²) in [5.74, 6) is 0.124. The fourth-order valence-corrected chi connectivity index (χ4v) is 2.93. The molecule has 3 N–H and O–H groups in total. The van der Waals surface area contributed by atoms with Gasteiger partial charge < -0.3 is 20.0 Å². The number of nitrogens with one attached hydrogen (secondary N) is 3. The van der Waals surface area contributed by atoms with E-state index in [1.165, 1.54) is 0 Å². The minimum atomic E-state index is -0.219. The molecule has 118 valence electrons. The van der Waals surface area contributed by atoms with Crippen LogP contribution in [0.1, 0.15) is 31.7 Å². The van der Waals surface area contributed by atoms with Gasteiger partial charge in [0.15, 0.2) is 0 Å². The van der Waals surface area contributed by atoms with E-state index in [0.29, 0.717) is 13.2 Å². The third-order valence-corrected chi connectivity index (χ3v) is 4.24. The maximum atomic E-state index is 12.3. The number of carbonyl (C=O) groups excluding carboxylic acids is 1. The molecule has 0 aliphatic carbocycles. The van der Waals surface area contributed by atoms with E-state index in [9.17, 15) is 9.59 Å². The van der Waals surface area contributed by atoms with Gasteiger partial charge in [0.05, 0.1) is 17.1 Å². The Labute approximate surface area is 128 Å². The highest BCUT2D eigenvalue weighted by Gasteiger charge is 2.26. The number of amides is 1. The molecule has 0 radical (unpaired) electrons. The van der Waals surface area contributed by atoms with Gasteiger partial charge in [-0.05, 0) is 37.0 Å². The van der Waals surface area contributed by atoms with Gasteiger partial charge >= 0.3 is 5.69 Å². The van der Waals surface area contributed by atoms with Crippen LogP contribution in [0, 0.1) is 5.92 Å². The Hall–Kier alpha value is -2.08. The fourth-order valence-electron chi connectivity index (χ4n) is 2.93. The maximum absolute atomic E-state index is 12.3. The molecule has 1 aliphatic rings. The number of imidazole rings is 1. The minimum absolute atomic E-state index is 0.0366.